The van der Waals surface area contributed by atoms with E-state index in [4.69, 9.17) is 14.2 Å². The van der Waals surface area contributed by atoms with Gasteiger partial charge in [-0.25, -0.2) is 0 Å². The van der Waals surface area contributed by atoms with Gasteiger partial charge in [0.05, 0.1) is 25.3 Å². The molecule has 2 fully saturated rings. The first-order valence-corrected chi connectivity index (χ1v) is 14.2. The Kier molecular flexibility index (Phi) is 7.35. The number of para-hydroxylation sites is 1. The van der Waals surface area contributed by atoms with Crippen molar-refractivity contribution in [1.29, 1.82) is 0 Å². The van der Waals surface area contributed by atoms with Crippen molar-refractivity contribution in [3.8, 4) is 11.5 Å². The Morgan fingerprint density at radius 1 is 1.10 bits per heavy atom. The number of amides is 3. The summed E-state index contributed by atoms with van der Waals surface area (Å²) >= 11 is 0. The Morgan fingerprint density at radius 3 is 2.77 bits per heavy atom. The molecule has 1 spiro atoms. The second-order valence-electron chi connectivity index (χ2n) is 11.4. The van der Waals surface area contributed by atoms with Crippen LogP contribution < -0.4 is 14.8 Å². The molecule has 2 atom stereocenters. The summed E-state index contributed by atoms with van der Waals surface area (Å²) in [5.74, 6) is 1.00. The molecule has 1 aromatic heterocycles. The van der Waals surface area contributed by atoms with Crippen molar-refractivity contribution in [3.63, 3.8) is 0 Å². The van der Waals surface area contributed by atoms with Crippen molar-refractivity contribution in [2.24, 2.45) is 11.3 Å². The molecule has 0 unspecified atom stereocenters. The molecule has 5 aliphatic heterocycles. The number of ether oxygens (including phenoxy) is 3. The van der Waals surface area contributed by atoms with Crippen molar-refractivity contribution in [2.75, 3.05) is 59.2 Å². The lowest BCUT2D eigenvalue weighted by atomic mass is 9.73. The molecule has 5 aliphatic rings. The highest BCUT2D eigenvalue weighted by atomic mass is 16.5. The normalized spacial score (nSPS) is 25.3. The minimum absolute atomic E-state index is 0.0112. The number of hydrogen-bond donors (Lipinski definition) is 1. The number of likely N-dealkylation sites (tertiary alicyclic amines) is 1. The fraction of sp³-hybridized carbons (Fsp3) is 0.533. The zero-order valence-corrected chi connectivity index (χ0v) is 22.9. The van der Waals surface area contributed by atoms with E-state index in [9.17, 15) is 14.4 Å². The van der Waals surface area contributed by atoms with E-state index in [0.717, 1.165) is 24.0 Å². The molecule has 2 saturated heterocycles. The van der Waals surface area contributed by atoms with Crippen molar-refractivity contribution in [1.82, 2.24) is 20.1 Å². The zero-order valence-electron chi connectivity index (χ0n) is 22.9. The van der Waals surface area contributed by atoms with E-state index >= 15 is 0 Å². The Labute approximate surface area is 234 Å². The fourth-order valence-electron chi connectivity index (χ4n) is 6.48. The van der Waals surface area contributed by atoms with Crippen LogP contribution in [0.4, 0.5) is 0 Å². The second kappa shape index (κ2) is 11.1. The van der Waals surface area contributed by atoms with Crippen molar-refractivity contribution in [3.05, 3.63) is 53.3 Å². The standard InChI is InChI=1S/C30H36N4O6/c1-20-12-22(14-31-13-20)29(37)33-8-3-9-39-25-5-2-4-23-24-15-34(28(36)21-6-10-38-11-7-21)18-30(24,19-40-27(23)25)17-32-26(35)16-33/h2,4-5,12-14,21,24H,3,6-11,15-19H2,1H3,(H,32,35)/t24-,30+/m0/s1. The average molecular weight is 549 g/mol. The molecule has 40 heavy (non-hydrogen) atoms. The fourth-order valence-corrected chi connectivity index (χ4v) is 6.48. The van der Waals surface area contributed by atoms with Gasteiger partial charge < -0.3 is 29.3 Å². The largest absolute Gasteiger partial charge is 0.490 e. The minimum atomic E-state index is -0.485. The predicted octanol–water partition coefficient (Wildman–Crippen LogP) is 2.16. The molecule has 212 valence electrons. The van der Waals surface area contributed by atoms with E-state index < -0.39 is 5.41 Å². The molecule has 7 rings (SSSR count). The van der Waals surface area contributed by atoms with Gasteiger partial charge in [-0.05, 0) is 43.9 Å². The van der Waals surface area contributed by atoms with E-state index in [1.165, 1.54) is 6.20 Å². The van der Waals surface area contributed by atoms with Gasteiger partial charge in [-0.3, -0.25) is 19.4 Å². The highest BCUT2D eigenvalue weighted by Gasteiger charge is 2.53. The molecule has 10 heteroatoms. The molecule has 4 bridgehead atoms. The van der Waals surface area contributed by atoms with Crippen LogP contribution in [0.2, 0.25) is 0 Å². The van der Waals surface area contributed by atoms with E-state index in [-0.39, 0.29) is 36.1 Å². The third kappa shape index (κ3) is 5.12. The number of aryl methyl sites for hydroxylation is 1. The SMILES string of the molecule is Cc1cncc(C(=O)N2CCCOc3cccc4c3OC[C@@]3(CNC(=O)C2)CN(C(=O)C2CCOCC2)C[C@@H]43)c1. The summed E-state index contributed by atoms with van der Waals surface area (Å²) in [5.41, 5.74) is 1.86. The summed E-state index contributed by atoms with van der Waals surface area (Å²) in [6, 6.07) is 7.69. The van der Waals surface area contributed by atoms with Crippen molar-refractivity contribution >= 4 is 17.7 Å². The van der Waals surface area contributed by atoms with Crippen LogP contribution in [-0.4, -0.2) is 91.7 Å². The lowest BCUT2D eigenvalue weighted by molar-refractivity contribution is -0.137. The van der Waals surface area contributed by atoms with E-state index in [1.807, 2.05) is 30.0 Å². The number of pyridine rings is 1. The van der Waals surface area contributed by atoms with Crippen LogP contribution in [0.25, 0.3) is 0 Å². The van der Waals surface area contributed by atoms with E-state index in [1.54, 1.807) is 17.2 Å². The topological polar surface area (TPSA) is 110 Å². The molecular formula is C30H36N4O6. The molecule has 10 nitrogen and oxygen atoms in total. The summed E-state index contributed by atoms with van der Waals surface area (Å²) < 4.78 is 18.0. The summed E-state index contributed by atoms with van der Waals surface area (Å²) in [6.45, 7) is 5.51. The van der Waals surface area contributed by atoms with Crippen LogP contribution in [0.3, 0.4) is 0 Å². The van der Waals surface area contributed by atoms with Crippen LogP contribution in [0.15, 0.2) is 36.7 Å². The van der Waals surface area contributed by atoms with Crippen molar-refractivity contribution < 1.29 is 28.6 Å². The first-order valence-electron chi connectivity index (χ1n) is 14.2. The van der Waals surface area contributed by atoms with Gasteiger partial charge in [0.1, 0.15) is 0 Å². The third-order valence-electron chi connectivity index (χ3n) is 8.63. The maximum absolute atomic E-state index is 13.6. The Hall–Kier alpha value is -3.66. The molecule has 1 aromatic carbocycles. The summed E-state index contributed by atoms with van der Waals surface area (Å²) in [4.78, 5) is 47.9. The van der Waals surface area contributed by atoms with Gasteiger partial charge in [-0.2, -0.15) is 0 Å². The predicted molar refractivity (Wildman–Crippen MR) is 145 cm³/mol. The van der Waals surface area contributed by atoms with Gasteiger partial charge in [-0.15, -0.1) is 0 Å². The smallest absolute Gasteiger partial charge is 0.255 e. The number of fused-ring (bicyclic) bond motifs is 9. The maximum atomic E-state index is 13.6. The Balaban J connectivity index is 1.28. The van der Waals surface area contributed by atoms with Gasteiger partial charge in [0.15, 0.2) is 11.5 Å². The van der Waals surface area contributed by atoms with Crippen LogP contribution in [0.5, 0.6) is 11.5 Å². The number of benzene rings is 1. The van der Waals surface area contributed by atoms with Crippen LogP contribution in [-0.2, 0) is 14.3 Å². The minimum Gasteiger partial charge on any atom is -0.490 e. The number of carbonyl (C=O) groups excluding carboxylic acids is 3. The lowest BCUT2D eigenvalue weighted by Crippen LogP contribution is -2.50. The highest BCUT2D eigenvalue weighted by molar-refractivity contribution is 5.96. The highest BCUT2D eigenvalue weighted by Crippen LogP contribution is 2.52. The Morgan fingerprint density at radius 2 is 1.95 bits per heavy atom. The average Bonchev–Trinajstić information content (AvgIpc) is 3.37. The Bertz CT molecular complexity index is 1290. The van der Waals surface area contributed by atoms with Crippen molar-refractivity contribution in [2.45, 2.75) is 32.1 Å². The lowest BCUT2D eigenvalue weighted by Gasteiger charge is -2.40. The first-order chi connectivity index (χ1) is 19.4. The summed E-state index contributed by atoms with van der Waals surface area (Å²) in [6.07, 6.45) is 5.23. The molecule has 1 N–H and O–H groups in total. The van der Waals surface area contributed by atoms with Gasteiger partial charge >= 0.3 is 0 Å². The molecule has 0 saturated carbocycles. The quantitative estimate of drug-likeness (QED) is 0.613. The third-order valence-corrected chi connectivity index (χ3v) is 8.63. The monoisotopic (exact) mass is 548 g/mol. The molecule has 0 aliphatic carbocycles. The number of carbonyl (C=O) groups is 3. The molecule has 3 amide bonds. The van der Waals surface area contributed by atoms with E-state index in [2.05, 4.69) is 10.3 Å². The van der Waals surface area contributed by atoms with Gasteiger partial charge in [0.25, 0.3) is 5.91 Å². The van der Waals surface area contributed by atoms with E-state index in [0.29, 0.717) is 76.1 Å². The number of nitrogens with one attached hydrogen (secondary N) is 1. The van der Waals surface area contributed by atoms with Crippen LogP contribution >= 0.6 is 0 Å². The molecular weight excluding hydrogens is 512 g/mol. The molecule has 0 radical (unpaired) electrons. The molecule has 2 aromatic rings. The van der Waals surface area contributed by atoms with Gasteiger partial charge in [0.2, 0.25) is 11.8 Å². The van der Waals surface area contributed by atoms with Gasteiger partial charge in [-0.1, -0.05) is 12.1 Å². The van der Waals surface area contributed by atoms with Gasteiger partial charge in [0, 0.05) is 74.6 Å². The number of nitrogens with zero attached hydrogens (tertiary/aromatic N) is 3. The molecule has 6 heterocycles. The summed E-state index contributed by atoms with van der Waals surface area (Å²) in [5, 5.41) is 3.11. The van der Waals surface area contributed by atoms with Crippen LogP contribution in [0.1, 0.15) is 46.7 Å². The first kappa shape index (κ1) is 26.6. The summed E-state index contributed by atoms with van der Waals surface area (Å²) in [7, 11) is 0. The second-order valence-corrected chi connectivity index (χ2v) is 11.4. The van der Waals surface area contributed by atoms with Crippen LogP contribution in [0, 0.1) is 18.3 Å². The maximum Gasteiger partial charge on any atom is 0.255 e. The number of rotatable bonds is 2. The zero-order chi connectivity index (χ0) is 27.7. The number of hydrogen-bond acceptors (Lipinski definition) is 7. The number of aromatic nitrogens is 1.